The van der Waals surface area contributed by atoms with E-state index in [9.17, 15) is 8.42 Å². The molecule has 0 amide bonds. The fourth-order valence-corrected chi connectivity index (χ4v) is 4.81. The third kappa shape index (κ3) is 3.35. The molecule has 2 rings (SSSR count). The molecular formula is C12H20N2O3S2. The molecule has 2 heterocycles. The standard InChI is InChI=1S/C12H20N2O3S2/c1-9-4-3-5-10(2)14(9)13-19(16,17)12-7-6-11(8-15)18-12/h6-7,9-10,13,15H,3-5,8H2,1-2H3. The highest BCUT2D eigenvalue weighted by Gasteiger charge is 2.29. The second kappa shape index (κ2) is 5.88. The van der Waals surface area contributed by atoms with Gasteiger partial charge < -0.3 is 5.11 Å². The third-order valence-corrected chi connectivity index (χ3v) is 6.37. The highest BCUT2D eigenvalue weighted by Crippen LogP contribution is 2.25. The first kappa shape index (κ1) is 14.9. The van der Waals surface area contributed by atoms with Crippen LogP contribution in [0.3, 0.4) is 0 Å². The predicted molar refractivity (Wildman–Crippen MR) is 75.2 cm³/mol. The number of hydrazine groups is 1. The Morgan fingerprint density at radius 3 is 2.53 bits per heavy atom. The zero-order chi connectivity index (χ0) is 14.0. The Labute approximate surface area is 118 Å². The maximum atomic E-state index is 12.3. The van der Waals surface area contributed by atoms with Gasteiger partial charge in [-0.15, -0.1) is 16.2 Å². The van der Waals surface area contributed by atoms with Gasteiger partial charge in [0.2, 0.25) is 0 Å². The van der Waals surface area contributed by atoms with Crippen LogP contribution in [0.25, 0.3) is 0 Å². The smallest absolute Gasteiger partial charge is 0.262 e. The molecule has 1 fully saturated rings. The zero-order valence-corrected chi connectivity index (χ0v) is 12.8. The number of thiophene rings is 1. The van der Waals surface area contributed by atoms with E-state index in [0.717, 1.165) is 30.6 Å². The van der Waals surface area contributed by atoms with E-state index in [2.05, 4.69) is 4.83 Å². The van der Waals surface area contributed by atoms with Crippen molar-refractivity contribution in [3.63, 3.8) is 0 Å². The molecule has 1 aliphatic heterocycles. The molecule has 0 spiro atoms. The molecule has 108 valence electrons. The molecule has 2 atom stereocenters. The number of piperidine rings is 1. The molecule has 0 aromatic carbocycles. The van der Waals surface area contributed by atoms with Crippen molar-refractivity contribution in [3.8, 4) is 0 Å². The van der Waals surface area contributed by atoms with Gasteiger partial charge in [0.25, 0.3) is 10.0 Å². The molecule has 0 radical (unpaired) electrons. The lowest BCUT2D eigenvalue weighted by Crippen LogP contribution is -2.53. The Hall–Kier alpha value is -0.470. The van der Waals surface area contributed by atoms with Crippen LogP contribution in [-0.2, 0) is 16.6 Å². The van der Waals surface area contributed by atoms with E-state index < -0.39 is 10.0 Å². The fourth-order valence-electron chi connectivity index (χ4n) is 2.37. The first-order chi connectivity index (χ1) is 8.94. The van der Waals surface area contributed by atoms with Crippen LogP contribution in [0.2, 0.25) is 0 Å². The molecule has 5 nitrogen and oxygen atoms in total. The molecule has 7 heteroatoms. The van der Waals surface area contributed by atoms with Gasteiger partial charge in [-0.2, -0.15) is 0 Å². The highest BCUT2D eigenvalue weighted by molar-refractivity contribution is 7.91. The van der Waals surface area contributed by atoms with Crippen LogP contribution >= 0.6 is 11.3 Å². The van der Waals surface area contributed by atoms with Gasteiger partial charge in [0, 0.05) is 17.0 Å². The van der Waals surface area contributed by atoms with Gasteiger partial charge in [0.1, 0.15) is 4.21 Å². The van der Waals surface area contributed by atoms with Crippen molar-refractivity contribution in [1.29, 1.82) is 0 Å². The molecule has 1 aromatic heterocycles. The lowest BCUT2D eigenvalue weighted by Gasteiger charge is -2.38. The van der Waals surface area contributed by atoms with Crippen molar-refractivity contribution >= 4 is 21.4 Å². The van der Waals surface area contributed by atoms with Gasteiger partial charge in [-0.1, -0.05) is 6.42 Å². The molecule has 1 saturated heterocycles. The Morgan fingerprint density at radius 1 is 1.37 bits per heavy atom. The van der Waals surface area contributed by atoms with Crippen molar-refractivity contribution < 1.29 is 13.5 Å². The molecule has 2 N–H and O–H groups in total. The number of sulfonamides is 1. The second-order valence-electron chi connectivity index (χ2n) is 5.01. The van der Waals surface area contributed by atoms with E-state index in [-0.39, 0.29) is 22.9 Å². The van der Waals surface area contributed by atoms with Crippen LogP contribution < -0.4 is 4.83 Å². The van der Waals surface area contributed by atoms with Crippen LogP contribution in [0, 0.1) is 0 Å². The summed E-state index contributed by atoms with van der Waals surface area (Å²) in [7, 11) is -3.53. The minimum Gasteiger partial charge on any atom is -0.391 e. The summed E-state index contributed by atoms with van der Waals surface area (Å²) in [6, 6.07) is 3.59. The summed E-state index contributed by atoms with van der Waals surface area (Å²) in [4.78, 5) is 3.34. The van der Waals surface area contributed by atoms with Crippen molar-refractivity contribution in [3.05, 3.63) is 17.0 Å². The molecular weight excluding hydrogens is 284 g/mol. The van der Waals surface area contributed by atoms with Crippen molar-refractivity contribution in [1.82, 2.24) is 9.84 Å². The molecule has 2 unspecified atom stereocenters. The quantitative estimate of drug-likeness (QED) is 0.888. The van der Waals surface area contributed by atoms with Crippen LogP contribution in [0.4, 0.5) is 0 Å². The van der Waals surface area contributed by atoms with Crippen LogP contribution in [0.15, 0.2) is 16.3 Å². The van der Waals surface area contributed by atoms with Gasteiger partial charge in [-0.05, 0) is 38.8 Å². The molecule has 1 aromatic rings. The van der Waals surface area contributed by atoms with E-state index in [0.29, 0.717) is 4.88 Å². The monoisotopic (exact) mass is 304 g/mol. The number of hydrogen-bond donors (Lipinski definition) is 2. The van der Waals surface area contributed by atoms with Crippen molar-refractivity contribution in [2.45, 2.75) is 56.0 Å². The summed E-state index contributed by atoms with van der Waals surface area (Å²) in [6.45, 7) is 3.94. The predicted octanol–water partition coefficient (Wildman–Crippen LogP) is 1.70. The SMILES string of the molecule is CC1CCCC(C)N1NS(=O)(=O)c1ccc(CO)s1. The summed E-state index contributed by atoms with van der Waals surface area (Å²) < 4.78 is 24.8. The molecule has 19 heavy (non-hydrogen) atoms. The van der Waals surface area contributed by atoms with Crippen molar-refractivity contribution in [2.24, 2.45) is 0 Å². The lowest BCUT2D eigenvalue weighted by atomic mass is 10.0. The number of rotatable bonds is 4. The number of hydrogen-bond acceptors (Lipinski definition) is 5. The normalized spacial score (nSPS) is 25.6. The topological polar surface area (TPSA) is 69.6 Å². The number of aliphatic hydroxyl groups is 1. The number of aliphatic hydroxyl groups excluding tert-OH is 1. The number of nitrogens with one attached hydrogen (secondary N) is 1. The van der Waals surface area contributed by atoms with Crippen LogP contribution in [-0.4, -0.2) is 30.6 Å². The van der Waals surface area contributed by atoms with Crippen molar-refractivity contribution in [2.75, 3.05) is 0 Å². The molecule has 0 saturated carbocycles. The molecule has 0 aliphatic carbocycles. The largest absolute Gasteiger partial charge is 0.391 e. The number of nitrogens with zero attached hydrogens (tertiary/aromatic N) is 1. The van der Waals surface area contributed by atoms with Crippen LogP contribution in [0.1, 0.15) is 38.0 Å². The van der Waals surface area contributed by atoms with E-state index in [1.165, 1.54) is 6.07 Å². The van der Waals surface area contributed by atoms with Gasteiger partial charge in [-0.25, -0.2) is 13.4 Å². The average molecular weight is 304 g/mol. The summed E-state index contributed by atoms with van der Waals surface area (Å²) in [5.41, 5.74) is 0. The van der Waals surface area contributed by atoms with Gasteiger partial charge >= 0.3 is 0 Å². The Morgan fingerprint density at radius 2 is 2.00 bits per heavy atom. The van der Waals surface area contributed by atoms with Gasteiger partial charge in [0.15, 0.2) is 0 Å². The van der Waals surface area contributed by atoms with Gasteiger partial charge in [0.05, 0.1) is 6.61 Å². The molecule has 0 bridgehead atoms. The van der Waals surface area contributed by atoms with E-state index in [1.54, 1.807) is 6.07 Å². The Bertz CT molecular complexity index is 517. The fraction of sp³-hybridized carbons (Fsp3) is 0.667. The summed E-state index contributed by atoms with van der Waals surface area (Å²) >= 11 is 1.10. The lowest BCUT2D eigenvalue weighted by molar-refractivity contribution is 0.0791. The minimum atomic E-state index is -3.53. The van der Waals surface area contributed by atoms with E-state index in [1.807, 2.05) is 18.9 Å². The first-order valence-electron chi connectivity index (χ1n) is 6.44. The summed E-state index contributed by atoms with van der Waals surface area (Å²) in [5, 5.41) is 10.8. The molecule has 1 aliphatic rings. The zero-order valence-electron chi connectivity index (χ0n) is 11.2. The maximum Gasteiger partial charge on any atom is 0.262 e. The van der Waals surface area contributed by atoms with E-state index in [4.69, 9.17) is 5.11 Å². The first-order valence-corrected chi connectivity index (χ1v) is 8.74. The summed E-state index contributed by atoms with van der Waals surface area (Å²) in [6.07, 6.45) is 3.13. The second-order valence-corrected chi connectivity index (χ2v) is 8.07. The third-order valence-electron chi connectivity index (χ3n) is 3.48. The Kier molecular flexibility index (Phi) is 4.62. The van der Waals surface area contributed by atoms with Gasteiger partial charge in [-0.3, -0.25) is 0 Å². The Balaban J connectivity index is 2.16. The minimum absolute atomic E-state index is 0.128. The van der Waals surface area contributed by atoms with E-state index >= 15 is 0 Å². The van der Waals surface area contributed by atoms with Crippen LogP contribution in [0.5, 0.6) is 0 Å². The maximum absolute atomic E-state index is 12.3. The highest BCUT2D eigenvalue weighted by atomic mass is 32.2. The summed E-state index contributed by atoms with van der Waals surface area (Å²) in [5.74, 6) is 0. The average Bonchev–Trinajstić information content (AvgIpc) is 2.83.